The Morgan fingerprint density at radius 1 is 0.967 bits per heavy atom. The Morgan fingerprint density at radius 3 is 1.90 bits per heavy atom. The van der Waals surface area contributed by atoms with Gasteiger partial charge >= 0.3 is 18.0 Å². The Labute approximate surface area is 168 Å². The molecule has 30 heavy (non-hydrogen) atoms. The molecule has 164 valence electrons. The fraction of sp³-hybridized carbons (Fsp3) is 0.350. The van der Waals surface area contributed by atoms with Crippen LogP contribution in [0, 0.1) is 13.8 Å². The molecule has 1 amide bonds. The van der Waals surface area contributed by atoms with E-state index in [4.69, 9.17) is 5.73 Å². The second-order valence-electron chi connectivity index (χ2n) is 6.82. The lowest BCUT2D eigenvalue weighted by molar-refractivity contribution is -0.348. The largest absolute Gasteiger partial charge is 0.435 e. The van der Waals surface area contributed by atoms with E-state index in [9.17, 15) is 35.5 Å². The number of benzene rings is 2. The van der Waals surface area contributed by atoms with E-state index in [1.807, 2.05) is 0 Å². The number of halogens is 7. The summed E-state index contributed by atoms with van der Waals surface area (Å²) >= 11 is 0. The smallest absolute Gasteiger partial charge is 0.398 e. The van der Waals surface area contributed by atoms with Crippen LogP contribution in [0.5, 0.6) is 0 Å². The van der Waals surface area contributed by atoms with Crippen molar-refractivity contribution < 1.29 is 35.5 Å². The molecule has 0 saturated carbocycles. The molecule has 0 aliphatic carbocycles. The minimum Gasteiger partial charge on any atom is -0.398 e. The van der Waals surface area contributed by atoms with Crippen LogP contribution in [0.1, 0.15) is 39.5 Å². The van der Waals surface area contributed by atoms with Crippen LogP contribution in [0.2, 0.25) is 0 Å². The Bertz CT molecular complexity index is 928. The van der Waals surface area contributed by atoms with Crippen molar-refractivity contribution in [2.24, 2.45) is 0 Å². The van der Waals surface area contributed by atoms with Gasteiger partial charge in [-0.25, -0.2) is 4.39 Å². The van der Waals surface area contributed by atoms with Gasteiger partial charge in [-0.3, -0.25) is 4.79 Å². The first-order valence-electron chi connectivity index (χ1n) is 8.78. The molecule has 0 aliphatic rings. The third kappa shape index (κ3) is 3.95. The van der Waals surface area contributed by atoms with Gasteiger partial charge in [-0.05, 0) is 49.1 Å². The van der Waals surface area contributed by atoms with E-state index in [2.05, 4.69) is 5.32 Å². The molecular weight excluding hydrogens is 417 g/mol. The normalized spacial score (nSPS) is 12.7. The highest BCUT2D eigenvalue weighted by Crippen LogP contribution is 2.53. The molecule has 0 aliphatic heterocycles. The number of rotatable bonds is 4. The predicted octanol–water partition coefficient (Wildman–Crippen LogP) is 5.99. The third-order valence-corrected chi connectivity index (χ3v) is 4.76. The maximum atomic E-state index is 14.3. The van der Waals surface area contributed by atoms with Crippen molar-refractivity contribution in [3.05, 3.63) is 58.1 Å². The Balaban J connectivity index is 2.52. The van der Waals surface area contributed by atoms with Gasteiger partial charge in [0.1, 0.15) is 0 Å². The van der Waals surface area contributed by atoms with Crippen molar-refractivity contribution in [1.29, 1.82) is 0 Å². The molecule has 2 aromatic carbocycles. The van der Waals surface area contributed by atoms with Crippen LogP contribution in [-0.4, -0.2) is 18.3 Å². The highest BCUT2D eigenvalue weighted by molar-refractivity contribution is 6.06. The molecule has 0 heterocycles. The number of hydrogen-bond donors (Lipinski definition) is 2. The molecular formula is C20H19F7N2O. The lowest BCUT2D eigenvalue weighted by Crippen LogP contribution is -2.50. The van der Waals surface area contributed by atoms with E-state index in [1.54, 1.807) is 13.0 Å². The summed E-state index contributed by atoms with van der Waals surface area (Å²) < 4.78 is 92.5. The monoisotopic (exact) mass is 436 g/mol. The van der Waals surface area contributed by atoms with Crippen LogP contribution in [0.4, 0.5) is 42.1 Å². The second kappa shape index (κ2) is 7.81. The van der Waals surface area contributed by atoms with Crippen molar-refractivity contribution in [1.82, 2.24) is 0 Å². The van der Waals surface area contributed by atoms with Gasteiger partial charge in [-0.2, -0.15) is 26.3 Å². The number of alkyl halides is 7. The van der Waals surface area contributed by atoms with Gasteiger partial charge in [-0.1, -0.05) is 25.1 Å². The summed E-state index contributed by atoms with van der Waals surface area (Å²) in [5, 5.41) is 2.47. The van der Waals surface area contributed by atoms with Gasteiger partial charge in [0, 0.05) is 22.5 Å². The van der Waals surface area contributed by atoms with Crippen molar-refractivity contribution in [3.63, 3.8) is 0 Å². The number of hydrogen-bond acceptors (Lipinski definition) is 2. The fourth-order valence-electron chi connectivity index (χ4n) is 3.24. The van der Waals surface area contributed by atoms with Gasteiger partial charge < -0.3 is 11.1 Å². The number of amides is 1. The van der Waals surface area contributed by atoms with E-state index in [0.29, 0.717) is 29.8 Å². The maximum Gasteiger partial charge on any atom is 0.435 e. The molecule has 0 saturated heterocycles. The average Bonchev–Trinajstić information content (AvgIpc) is 2.61. The topological polar surface area (TPSA) is 55.1 Å². The predicted molar refractivity (Wildman–Crippen MR) is 99.0 cm³/mol. The first-order chi connectivity index (χ1) is 13.6. The van der Waals surface area contributed by atoms with Gasteiger partial charge in [0.2, 0.25) is 0 Å². The summed E-state index contributed by atoms with van der Waals surface area (Å²) in [5.74, 6) is -0.642. The van der Waals surface area contributed by atoms with Crippen LogP contribution < -0.4 is 11.1 Å². The number of nitrogens with one attached hydrogen (secondary N) is 1. The second-order valence-corrected chi connectivity index (χ2v) is 6.82. The van der Waals surface area contributed by atoms with Crippen molar-refractivity contribution >= 4 is 17.3 Å². The SMILES string of the molecule is CCc1c(N)cccc1C(=O)Nc1c(C)cc(C(F)(C(F)(F)F)C(F)(F)F)cc1C. The number of anilines is 2. The molecule has 10 heteroatoms. The molecule has 0 aromatic heterocycles. The van der Waals surface area contributed by atoms with Gasteiger partial charge in [0.15, 0.2) is 0 Å². The zero-order valence-corrected chi connectivity index (χ0v) is 16.2. The quantitative estimate of drug-likeness (QED) is 0.457. The number of nitrogen functional groups attached to an aromatic ring is 1. The van der Waals surface area contributed by atoms with Crippen molar-refractivity contribution in [3.8, 4) is 0 Å². The summed E-state index contributed by atoms with van der Waals surface area (Å²) in [7, 11) is 0. The van der Waals surface area contributed by atoms with Crippen LogP contribution in [0.15, 0.2) is 30.3 Å². The van der Waals surface area contributed by atoms with Crippen molar-refractivity contribution in [2.45, 2.75) is 45.2 Å². The summed E-state index contributed by atoms with van der Waals surface area (Å²) in [4.78, 5) is 12.7. The molecule has 3 nitrogen and oxygen atoms in total. The summed E-state index contributed by atoms with van der Waals surface area (Å²) in [6.07, 6.45) is -12.0. The minimum absolute atomic E-state index is 0.0140. The number of carbonyl (C=O) groups excluding carboxylic acids is 1. The summed E-state index contributed by atoms with van der Waals surface area (Å²) in [6.45, 7) is 4.13. The standard InChI is InChI=1S/C20H19F7N2O/c1-4-13-14(6-5-7-15(13)28)17(30)29-16-10(2)8-12(9-11(16)3)18(21,19(22,23)24)20(25,26)27/h5-9H,4,28H2,1-3H3,(H,29,30). The molecule has 0 radical (unpaired) electrons. The third-order valence-electron chi connectivity index (χ3n) is 4.76. The lowest BCUT2D eigenvalue weighted by atomic mass is 9.90. The molecule has 0 fully saturated rings. The first-order valence-corrected chi connectivity index (χ1v) is 8.78. The summed E-state index contributed by atoms with van der Waals surface area (Å²) in [6, 6.07) is 5.49. The maximum absolute atomic E-state index is 14.3. The number of nitrogens with two attached hydrogens (primary N) is 1. The Morgan fingerprint density at radius 2 is 1.47 bits per heavy atom. The zero-order chi connectivity index (χ0) is 23.1. The molecule has 2 rings (SSSR count). The van der Waals surface area contributed by atoms with Crippen LogP contribution in [-0.2, 0) is 12.1 Å². The number of aryl methyl sites for hydroxylation is 2. The van der Waals surface area contributed by atoms with Crippen LogP contribution >= 0.6 is 0 Å². The highest BCUT2D eigenvalue weighted by Gasteiger charge is 2.73. The zero-order valence-electron chi connectivity index (χ0n) is 16.2. The molecule has 0 atom stereocenters. The van der Waals surface area contributed by atoms with Crippen LogP contribution in [0.3, 0.4) is 0 Å². The van der Waals surface area contributed by atoms with E-state index in [-0.39, 0.29) is 22.4 Å². The van der Waals surface area contributed by atoms with Crippen LogP contribution in [0.25, 0.3) is 0 Å². The Hall–Kier alpha value is -2.78. The average molecular weight is 436 g/mol. The molecule has 0 unspecified atom stereocenters. The minimum atomic E-state index is -6.22. The lowest BCUT2D eigenvalue weighted by Gasteiger charge is -2.31. The highest BCUT2D eigenvalue weighted by atomic mass is 19.4. The van der Waals surface area contributed by atoms with Gasteiger partial charge in [-0.15, -0.1) is 0 Å². The van der Waals surface area contributed by atoms with E-state index in [0.717, 1.165) is 0 Å². The van der Waals surface area contributed by atoms with Crippen molar-refractivity contribution in [2.75, 3.05) is 11.1 Å². The van der Waals surface area contributed by atoms with E-state index in [1.165, 1.54) is 26.0 Å². The van der Waals surface area contributed by atoms with E-state index >= 15 is 0 Å². The number of carbonyl (C=O) groups is 1. The molecule has 0 bridgehead atoms. The van der Waals surface area contributed by atoms with E-state index < -0.39 is 29.5 Å². The Kier molecular flexibility index (Phi) is 6.11. The molecule has 0 spiro atoms. The first kappa shape index (κ1) is 23.5. The molecule has 2 aromatic rings. The summed E-state index contributed by atoms with van der Waals surface area (Å²) in [5.41, 5.74) is -0.512. The fourth-order valence-corrected chi connectivity index (χ4v) is 3.24. The van der Waals surface area contributed by atoms with Gasteiger partial charge in [0.25, 0.3) is 5.91 Å². The van der Waals surface area contributed by atoms with Gasteiger partial charge in [0.05, 0.1) is 0 Å². The molecule has 3 N–H and O–H groups in total.